The third-order valence-corrected chi connectivity index (χ3v) is 3.53. The van der Waals surface area contributed by atoms with Crippen molar-refractivity contribution in [3.8, 4) is 0 Å². The van der Waals surface area contributed by atoms with Crippen molar-refractivity contribution in [1.29, 1.82) is 0 Å². The largest absolute Gasteiger partial charge is 0.465 e. The summed E-state index contributed by atoms with van der Waals surface area (Å²) in [6.45, 7) is 1.47. The maximum atomic E-state index is 12.2. The number of hydrogen-bond donors (Lipinski definition) is 2. The summed E-state index contributed by atoms with van der Waals surface area (Å²) >= 11 is 5.11. The molecule has 0 saturated heterocycles. The summed E-state index contributed by atoms with van der Waals surface area (Å²) in [5.74, 6) is -0.963. The molecule has 0 fully saturated rings. The molecule has 7 heteroatoms. The minimum absolute atomic E-state index is 0.0655. The van der Waals surface area contributed by atoms with E-state index in [1.165, 1.54) is 38.3 Å². The zero-order valence-electron chi connectivity index (χ0n) is 13.7. The summed E-state index contributed by atoms with van der Waals surface area (Å²) in [5, 5.41) is 5.49. The van der Waals surface area contributed by atoms with E-state index in [9.17, 15) is 14.4 Å². The Labute approximate surface area is 150 Å². The summed E-state index contributed by atoms with van der Waals surface area (Å²) < 4.78 is 4.60. The van der Waals surface area contributed by atoms with Gasteiger partial charge in [0.2, 0.25) is 0 Å². The molecule has 1 amide bonds. The zero-order chi connectivity index (χ0) is 18.4. The van der Waals surface area contributed by atoms with E-state index in [0.29, 0.717) is 22.4 Å². The Morgan fingerprint density at radius 2 is 1.60 bits per heavy atom. The van der Waals surface area contributed by atoms with Crippen LogP contribution in [0.5, 0.6) is 0 Å². The first-order valence-electron chi connectivity index (χ1n) is 7.32. The molecule has 0 bridgehead atoms. The molecule has 0 aromatic heterocycles. The van der Waals surface area contributed by atoms with Gasteiger partial charge in [-0.05, 0) is 55.5 Å². The van der Waals surface area contributed by atoms with Crippen LogP contribution in [-0.2, 0) is 4.74 Å². The van der Waals surface area contributed by atoms with Gasteiger partial charge in [0.15, 0.2) is 10.9 Å². The number of carbonyl (C=O) groups excluding carboxylic acids is 3. The average Bonchev–Trinajstić information content (AvgIpc) is 2.61. The van der Waals surface area contributed by atoms with Crippen LogP contribution in [0.3, 0.4) is 0 Å². The van der Waals surface area contributed by atoms with Crippen LogP contribution in [0.2, 0.25) is 0 Å². The maximum absolute atomic E-state index is 12.2. The fourth-order valence-electron chi connectivity index (χ4n) is 2.03. The molecule has 0 heterocycles. The monoisotopic (exact) mass is 356 g/mol. The molecule has 0 aliphatic rings. The Kier molecular flexibility index (Phi) is 5.97. The first-order valence-corrected chi connectivity index (χ1v) is 7.73. The number of thiocarbonyl (C=S) groups is 1. The van der Waals surface area contributed by atoms with Gasteiger partial charge in [-0.3, -0.25) is 14.9 Å². The molecule has 0 unspecified atom stereocenters. The lowest BCUT2D eigenvalue weighted by atomic mass is 10.1. The molecular formula is C18H16N2O4S. The quantitative estimate of drug-likeness (QED) is 0.498. The lowest BCUT2D eigenvalue weighted by molar-refractivity contribution is 0.0600. The molecule has 2 aromatic rings. The molecule has 0 aliphatic carbocycles. The summed E-state index contributed by atoms with van der Waals surface area (Å²) in [4.78, 5) is 34.9. The topological polar surface area (TPSA) is 84.5 Å². The summed E-state index contributed by atoms with van der Waals surface area (Å²) in [5.41, 5.74) is 1.83. The van der Waals surface area contributed by atoms with E-state index in [-0.39, 0.29) is 10.9 Å². The van der Waals surface area contributed by atoms with Crippen LogP contribution in [0.15, 0.2) is 48.5 Å². The number of hydrogen-bond acceptors (Lipinski definition) is 5. The molecule has 2 aromatic carbocycles. The number of anilines is 1. The minimum Gasteiger partial charge on any atom is -0.465 e. The molecule has 0 aliphatic heterocycles. The smallest absolute Gasteiger partial charge is 0.337 e. The number of Topliss-reactive ketones (excluding diaryl/α,β-unsaturated/α-hetero) is 1. The fraction of sp³-hybridized carbons (Fsp3) is 0.111. The van der Waals surface area contributed by atoms with Gasteiger partial charge in [-0.15, -0.1) is 0 Å². The van der Waals surface area contributed by atoms with Crippen LogP contribution in [0, 0.1) is 0 Å². The first-order chi connectivity index (χ1) is 11.9. The van der Waals surface area contributed by atoms with Crippen molar-refractivity contribution in [3.63, 3.8) is 0 Å². The standard InChI is InChI=1S/C18H16N2O4S/c1-11(21)14-4-3-5-15(10-14)19-18(25)20-16(22)12-6-8-13(9-7-12)17(23)24-2/h3-10H,1-2H3,(H2,19,20,22,25). The van der Waals surface area contributed by atoms with Crippen LogP contribution in [0.4, 0.5) is 5.69 Å². The molecule has 2 rings (SSSR count). The third kappa shape index (κ3) is 4.95. The number of rotatable bonds is 4. The number of carbonyl (C=O) groups is 3. The Balaban J connectivity index is 2.00. The van der Waals surface area contributed by atoms with Crippen molar-refractivity contribution >= 4 is 40.7 Å². The van der Waals surface area contributed by atoms with Gasteiger partial charge in [-0.25, -0.2) is 4.79 Å². The minimum atomic E-state index is -0.477. The molecule has 6 nitrogen and oxygen atoms in total. The molecule has 0 spiro atoms. The Morgan fingerprint density at radius 3 is 2.20 bits per heavy atom. The van der Waals surface area contributed by atoms with Crippen molar-refractivity contribution in [1.82, 2.24) is 5.32 Å². The van der Waals surface area contributed by atoms with Gasteiger partial charge >= 0.3 is 5.97 Å². The van der Waals surface area contributed by atoms with Gasteiger partial charge in [0.05, 0.1) is 12.7 Å². The number of methoxy groups -OCH3 is 1. The van der Waals surface area contributed by atoms with Crippen LogP contribution in [-0.4, -0.2) is 29.9 Å². The van der Waals surface area contributed by atoms with E-state index in [4.69, 9.17) is 12.2 Å². The van der Waals surface area contributed by atoms with E-state index in [2.05, 4.69) is 15.4 Å². The van der Waals surface area contributed by atoms with Crippen molar-refractivity contribution < 1.29 is 19.1 Å². The van der Waals surface area contributed by atoms with Crippen LogP contribution in [0.25, 0.3) is 0 Å². The summed E-state index contributed by atoms with van der Waals surface area (Å²) in [6, 6.07) is 12.8. The Bertz CT molecular complexity index is 831. The normalized spacial score (nSPS) is 9.84. The van der Waals surface area contributed by atoms with Gasteiger partial charge in [-0.2, -0.15) is 0 Å². The number of ketones is 1. The van der Waals surface area contributed by atoms with Gasteiger partial charge in [0.25, 0.3) is 5.91 Å². The van der Waals surface area contributed by atoms with Crippen LogP contribution >= 0.6 is 12.2 Å². The highest BCUT2D eigenvalue weighted by atomic mass is 32.1. The number of benzene rings is 2. The van der Waals surface area contributed by atoms with Crippen LogP contribution < -0.4 is 10.6 Å². The molecule has 2 N–H and O–H groups in total. The van der Waals surface area contributed by atoms with Gasteiger partial charge in [-0.1, -0.05) is 12.1 Å². The van der Waals surface area contributed by atoms with Gasteiger partial charge < -0.3 is 10.1 Å². The van der Waals surface area contributed by atoms with E-state index in [0.717, 1.165) is 0 Å². The second kappa shape index (κ2) is 8.16. The Hall–Kier alpha value is -3.06. The van der Waals surface area contributed by atoms with Crippen molar-refractivity contribution in [2.75, 3.05) is 12.4 Å². The lowest BCUT2D eigenvalue weighted by Gasteiger charge is -2.10. The third-order valence-electron chi connectivity index (χ3n) is 3.32. The summed E-state index contributed by atoms with van der Waals surface area (Å²) in [7, 11) is 1.29. The molecule has 0 saturated carbocycles. The number of amides is 1. The molecule has 128 valence electrons. The maximum Gasteiger partial charge on any atom is 0.337 e. The van der Waals surface area contributed by atoms with Gasteiger partial charge in [0, 0.05) is 16.8 Å². The van der Waals surface area contributed by atoms with E-state index < -0.39 is 11.9 Å². The van der Waals surface area contributed by atoms with Crippen molar-refractivity contribution in [2.24, 2.45) is 0 Å². The second-order valence-corrected chi connectivity index (χ2v) is 5.52. The highest BCUT2D eigenvalue weighted by molar-refractivity contribution is 7.80. The average molecular weight is 356 g/mol. The molecule has 0 radical (unpaired) electrons. The van der Waals surface area contributed by atoms with E-state index >= 15 is 0 Å². The van der Waals surface area contributed by atoms with Crippen molar-refractivity contribution in [3.05, 3.63) is 65.2 Å². The predicted octanol–water partition coefficient (Wildman–Crippen LogP) is 2.80. The molecule has 0 atom stereocenters. The number of esters is 1. The van der Waals surface area contributed by atoms with E-state index in [1.807, 2.05) is 0 Å². The highest BCUT2D eigenvalue weighted by Gasteiger charge is 2.11. The van der Waals surface area contributed by atoms with E-state index in [1.54, 1.807) is 24.3 Å². The second-order valence-electron chi connectivity index (χ2n) is 5.11. The molecular weight excluding hydrogens is 340 g/mol. The zero-order valence-corrected chi connectivity index (χ0v) is 14.5. The lowest BCUT2D eigenvalue weighted by Crippen LogP contribution is -2.34. The van der Waals surface area contributed by atoms with Gasteiger partial charge in [0.1, 0.15) is 0 Å². The number of ether oxygens (including phenoxy) is 1. The summed E-state index contributed by atoms with van der Waals surface area (Å²) in [6.07, 6.45) is 0. The predicted molar refractivity (Wildman–Crippen MR) is 97.9 cm³/mol. The molecule has 25 heavy (non-hydrogen) atoms. The number of nitrogens with one attached hydrogen (secondary N) is 2. The SMILES string of the molecule is COC(=O)c1ccc(C(=O)NC(=S)Nc2cccc(C(C)=O)c2)cc1. The highest BCUT2D eigenvalue weighted by Crippen LogP contribution is 2.11. The first kappa shape index (κ1) is 18.3. The fourth-order valence-corrected chi connectivity index (χ4v) is 2.24. The van der Waals surface area contributed by atoms with Crippen LogP contribution in [0.1, 0.15) is 38.0 Å². The Morgan fingerprint density at radius 1 is 0.960 bits per heavy atom. The van der Waals surface area contributed by atoms with Crippen molar-refractivity contribution in [2.45, 2.75) is 6.92 Å².